The lowest BCUT2D eigenvalue weighted by atomic mass is 10.2. The van der Waals surface area contributed by atoms with E-state index in [1.165, 1.54) is 30.3 Å². The van der Waals surface area contributed by atoms with Crippen LogP contribution in [0.15, 0.2) is 42.5 Å². The van der Waals surface area contributed by atoms with Gasteiger partial charge in [-0.15, -0.1) is 0 Å². The van der Waals surface area contributed by atoms with Crippen LogP contribution in [0.3, 0.4) is 0 Å². The maximum absolute atomic E-state index is 12.0. The summed E-state index contributed by atoms with van der Waals surface area (Å²) in [7, 11) is -3.91. The Hall–Kier alpha value is -2.12. The fourth-order valence-electron chi connectivity index (χ4n) is 1.76. The van der Waals surface area contributed by atoms with Gasteiger partial charge in [0.05, 0.1) is 9.95 Å². The molecule has 0 N–H and O–H groups in total. The normalized spacial score (nSPS) is 11.2. The van der Waals surface area contributed by atoms with Crippen LogP contribution in [0.25, 0.3) is 0 Å². The topological polar surface area (TPSA) is 86.5 Å². The van der Waals surface area contributed by atoms with Gasteiger partial charge in [-0.1, -0.05) is 29.8 Å². The Balaban J connectivity index is 2.17. The molecule has 6 nitrogen and oxygen atoms in total. The van der Waals surface area contributed by atoms with Gasteiger partial charge in [0.2, 0.25) is 0 Å². The maximum atomic E-state index is 12.0. The number of halogens is 1. The first-order chi connectivity index (χ1) is 10.3. The van der Waals surface area contributed by atoms with Gasteiger partial charge in [-0.2, -0.15) is 8.42 Å². The molecule has 8 heteroatoms. The lowest BCUT2D eigenvalue weighted by Gasteiger charge is -2.09. The van der Waals surface area contributed by atoms with E-state index in [9.17, 15) is 18.5 Å². The van der Waals surface area contributed by atoms with Gasteiger partial charge < -0.3 is 4.18 Å². The number of non-ortho nitro benzene ring substituents is 1. The van der Waals surface area contributed by atoms with Crippen LogP contribution in [0.2, 0.25) is 5.02 Å². The van der Waals surface area contributed by atoms with Gasteiger partial charge in [-0.05, 0) is 30.2 Å². The predicted molar refractivity (Wildman–Crippen MR) is 82.5 cm³/mol. The molecule has 0 aliphatic heterocycles. The molecule has 116 valence electrons. The molecule has 0 heterocycles. The van der Waals surface area contributed by atoms with Crippen molar-refractivity contribution in [2.45, 2.75) is 12.7 Å². The Kier molecular flexibility index (Phi) is 4.68. The van der Waals surface area contributed by atoms with Crippen LogP contribution in [0.1, 0.15) is 11.1 Å². The van der Waals surface area contributed by atoms with Crippen molar-refractivity contribution in [1.82, 2.24) is 0 Å². The zero-order valence-electron chi connectivity index (χ0n) is 11.5. The molecule has 0 saturated carbocycles. The SMILES string of the molecule is Cc1ccc(Cl)c(OS(=O)(=O)Cc2ccc([N+](=O)[O-])cc2)c1. The predicted octanol–water partition coefficient (Wildman–Crippen LogP) is 3.47. The molecule has 0 amide bonds. The third-order valence-electron chi connectivity index (χ3n) is 2.79. The monoisotopic (exact) mass is 341 g/mol. The number of nitro benzene ring substituents is 1. The summed E-state index contributed by atoms with van der Waals surface area (Å²) in [6, 6.07) is 10.0. The first kappa shape index (κ1) is 16.3. The van der Waals surface area contributed by atoms with Crippen LogP contribution in [-0.2, 0) is 15.9 Å². The number of benzene rings is 2. The summed E-state index contributed by atoms with van der Waals surface area (Å²) in [6.07, 6.45) is 0. The number of nitrogens with zero attached hydrogens (tertiary/aromatic N) is 1. The van der Waals surface area contributed by atoms with Crippen molar-refractivity contribution in [2.75, 3.05) is 0 Å². The van der Waals surface area contributed by atoms with Crippen LogP contribution in [0, 0.1) is 17.0 Å². The number of hydrogen-bond acceptors (Lipinski definition) is 5. The van der Waals surface area contributed by atoms with Gasteiger partial charge in [0, 0.05) is 12.1 Å². The molecule has 0 saturated heterocycles. The molecule has 2 aromatic rings. The highest BCUT2D eigenvalue weighted by Crippen LogP contribution is 2.27. The van der Waals surface area contributed by atoms with E-state index >= 15 is 0 Å². The molecular weight excluding hydrogens is 330 g/mol. The summed E-state index contributed by atoms with van der Waals surface area (Å²) in [5, 5.41) is 10.7. The molecule has 0 bridgehead atoms. The van der Waals surface area contributed by atoms with E-state index in [1.807, 2.05) is 0 Å². The van der Waals surface area contributed by atoms with Gasteiger partial charge in [0.1, 0.15) is 5.75 Å². The van der Waals surface area contributed by atoms with Crippen molar-refractivity contribution < 1.29 is 17.5 Å². The van der Waals surface area contributed by atoms with Gasteiger partial charge in [0.25, 0.3) is 5.69 Å². The number of hydrogen-bond donors (Lipinski definition) is 0. The smallest absolute Gasteiger partial charge is 0.313 e. The molecular formula is C14H12ClNO5S. The molecule has 0 aliphatic carbocycles. The third-order valence-corrected chi connectivity index (χ3v) is 4.23. The zero-order chi connectivity index (χ0) is 16.3. The van der Waals surface area contributed by atoms with Gasteiger partial charge in [-0.25, -0.2) is 0 Å². The molecule has 2 aromatic carbocycles. The van der Waals surface area contributed by atoms with Crippen molar-refractivity contribution in [2.24, 2.45) is 0 Å². The first-order valence-electron chi connectivity index (χ1n) is 6.18. The second kappa shape index (κ2) is 6.33. The maximum Gasteiger partial charge on any atom is 0.313 e. The van der Waals surface area contributed by atoms with Crippen molar-refractivity contribution >= 4 is 27.4 Å². The summed E-state index contributed by atoms with van der Waals surface area (Å²) in [4.78, 5) is 10.0. The van der Waals surface area contributed by atoms with E-state index in [4.69, 9.17) is 15.8 Å². The molecule has 0 spiro atoms. The van der Waals surface area contributed by atoms with Crippen molar-refractivity contribution in [3.63, 3.8) is 0 Å². The fraction of sp³-hybridized carbons (Fsp3) is 0.143. The third kappa shape index (κ3) is 4.19. The van der Waals surface area contributed by atoms with Crippen molar-refractivity contribution in [3.8, 4) is 5.75 Å². The second-order valence-electron chi connectivity index (χ2n) is 4.64. The largest absolute Gasteiger partial charge is 0.381 e. The summed E-state index contributed by atoms with van der Waals surface area (Å²) >= 11 is 5.90. The Morgan fingerprint density at radius 3 is 2.41 bits per heavy atom. The summed E-state index contributed by atoms with van der Waals surface area (Å²) in [5.41, 5.74) is 1.09. The summed E-state index contributed by atoms with van der Waals surface area (Å²) in [6.45, 7) is 1.78. The average Bonchev–Trinajstić information content (AvgIpc) is 2.42. The molecule has 0 radical (unpaired) electrons. The van der Waals surface area contributed by atoms with E-state index in [-0.39, 0.29) is 16.5 Å². The zero-order valence-corrected chi connectivity index (χ0v) is 13.1. The highest BCUT2D eigenvalue weighted by Gasteiger charge is 2.17. The standard InChI is InChI=1S/C14H12ClNO5S/c1-10-2-7-13(15)14(8-10)21-22(19,20)9-11-3-5-12(6-4-11)16(17)18/h2-8H,9H2,1H3. The molecule has 0 aliphatic rings. The Morgan fingerprint density at radius 2 is 1.82 bits per heavy atom. The van der Waals surface area contributed by atoms with Crippen LogP contribution >= 0.6 is 11.6 Å². The van der Waals surface area contributed by atoms with Gasteiger partial charge in [-0.3, -0.25) is 10.1 Å². The number of nitro groups is 1. The summed E-state index contributed by atoms with van der Waals surface area (Å²) < 4.78 is 29.1. The molecule has 0 fully saturated rings. The molecule has 0 aromatic heterocycles. The van der Waals surface area contributed by atoms with Crippen LogP contribution in [0.5, 0.6) is 5.75 Å². The Bertz CT molecular complexity index is 802. The van der Waals surface area contributed by atoms with Gasteiger partial charge >= 0.3 is 10.1 Å². The Labute approximate surface area is 132 Å². The minimum absolute atomic E-state index is 0.0589. The molecule has 22 heavy (non-hydrogen) atoms. The number of rotatable bonds is 5. The summed E-state index contributed by atoms with van der Waals surface area (Å²) in [5.74, 6) is -0.349. The molecule has 2 rings (SSSR count). The van der Waals surface area contributed by atoms with Crippen molar-refractivity contribution in [1.29, 1.82) is 0 Å². The lowest BCUT2D eigenvalue weighted by molar-refractivity contribution is -0.384. The highest BCUT2D eigenvalue weighted by atomic mass is 35.5. The minimum atomic E-state index is -3.91. The second-order valence-corrected chi connectivity index (χ2v) is 6.62. The molecule has 0 atom stereocenters. The highest BCUT2D eigenvalue weighted by molar-refractivity contribution is 7.86. The lowest BCUT2D eigenvalue weighted by Crippen LogP contribution is -2.12. The van der Waals surface area contributed by atoms with E-state index in [0.29, 0.717) is 5.56 Å². The van der Waals surface area contributed by atoms with Crippen LogP contribution in [0.4, 0.5) is 5.69 Å². The van der Waals surface area contributed by atoms with Crippen LogP contribution in [-0.4, -0.2) is 13.3 Å². The van der Waals surface area contributed by atoms with E-state index in [0.717, 1.165) is 5.56 Å². The van der Waals surface area contributed by atoms with Crippen molar-refractivity contribution in [3.05, 3.63) is 68.7 Å². The Morgan fingerprint density at radius 1 is 1.18 bits per heavy atom. The number of aryl methyl sites for hydroxylation is 1. The van der Waals surface area contributed by atoms with Crippen LogP contribution < -0.4 is 4.18 Å². The first-order valence-corrected chi connectivity index (χ1v) is 8.14. The average molecular weight is 342 g/mol. The van der Waals surface area contributed by atoms with Gasteiger partial charge in [0.15, 0.2) is 5.75 Å². The quantitative estimate of drug-likeness (QED) is 0.472. The van der Waals surface area contributed by atoms with E-state index < -0.39 is 20.8 Å². The van der Waals surface area contributed by atoms with E-state index in [2.05, 4.69) is 0 Å². The fourth-order valence-corrected chi connectivity index (χ4v) is 3.03. The van der Waals surface area contributed by atoms with E-state index in [1.54, 1.807) is 19.1 Å². The minimum Gasteiger partial charge on any atom is -0.381 e. The molecule has 0 unspecified atom stereocenters.